The fourth-order valence-corrected chi connectivity index (χ4v) is 3.00. The third-order valence-corrected chi connectivity index (χ3v) is 4.61. The van der Waals surface area contributed by atoms with Crippen molar-refractivity contribution in [3.8, 4) is 5.75 Å². The maximum atomic E-state index is 12.5. The molecule has 0 bridgehead atoms. The van der Waals surface area contributed by atoms with Gasteiger partial charge in [-0.05, 0) is 24.3 Å². The molecule has 0 aromatic heterocycles. The Hall–Kier alpha value is -2.01. The highest BCUT2D eigenvalue weighted by Gasteiger charge is 2.22. The Balaban J connectivity index is 2.47. The molecular weight excluding hydrogens is 262 g/mol. The van der Waals surface area contributed by atoms with E-state index in [1.807, 2.05) is 0 Å². The average Bonchev–Trinajstić information content (AvgIpc) is 2.47. The first kappa shape index (κ1) is 13.4. The summed E-state index contributed by atoms with van der Waals surface area (Å²) in [6.07, 6.45) is 0. The fraction of sp³-hybridized carbons (Fsp3) is 0.143. The lowest BCUT2D eigenvalue weighted by Gasteiger charge is -2.21. The molecule has 0 radical (unpaired) electrons. The number of sulfonamides is 1. The van der Waals surface area contributed by atoms with E-state index in [0.717, 1.165) is 0 Å². The van der Waals surface area contributed by atoms with Crippen LogP contribution in [0.25, 0.3) is 0 Å². The standard InChI is InChI=1S/C14H15NO3S/c1-15(13-10-6-7-11-14(13)18-2)19(16,17)12-8-4-3-5-9-12/h3-11H,1-2H3. The van der Waals surface area contributed by atoms with Gasteiger partial charge >= 0.3 is 0 Å². The van der Waals surface area contributed by atoms with E-state index in [0.29, 0.717) is 11.4 Å². The van der Waals surface area contributed by atoms with Crippen LogP contribution in [0.15, 0.2) is 59.5 Å². The van der Waals surface area contributed by atoms with E-state index in [-0.39, 0.29) is 4.90 Å². The molecule has 0 saturated carbocycles. The van der Waals surface area contributed by atoms with Crippen LogP contribution in [0.4, 0.5) is 5.69 Å². The molecule has 0 heterocycles. The fourth-order valence-electron chi connectivity index (χ4n) is 1.77. The summed E-state index contributed by atoms with van der Waals surface area (Å²) in [4.78, 5) is 0.253. The Kier molecular flexibility index (Phi) is 3.76. The van der Waals surface area contributed by atoms with Gasteiger partial charge in [0, 0.05) is 7.05 Å². The molecule has 0 fully saturated rings. The predicted octanol–water partition coefficient (Wildman–Crippen LogP) is 2.52. The molecule has 19 heavy (non-hydrogen) atoms. The van der Waals surface area contributed by atoms with Gasteiger partial charge in [0.25, 0.3) is 10.0 Å². The first-order chi connectivity index (χ1) is 9.07. The maximum absolute atomic E-state index is 12.5. The summed E-state index contributed by atoms with van der Waals surface area (Å²) >= 11 is 0. The summed E-state index contributed by atoms with van der Waals surface area (Å²) in [6, 6.07) is 15.3. The summed E-state index contributed by atoms with van der Waals surface area (Å²) in [5.74, 6) is 0.518. The minimum absolute atomic E-state index is 0.253. The van der Waals surface area contributed by atoms with Crippen LogP contribution in [-0.4, -0.2) is 22.6 Å². The molecule has 4 nitrogen and oxygen atoms in total. The number of rotatable bonds is 4. The number of para-hydroxylation sites is 2. The van der Waals surface area contributed by atoms with Crippen molar-refractivity contribution in [1.29, 1.82) is 0 Å². The van der Waals surface area contributed by atoms with Crippen molar-refractivity contribution in [2.75, 3.05) is 18.5 Å². The normalized spacial score (nSPS) is 11.1. The highest BCUT2D eigenvalue weighted by Crippen LogP contribution is 2.30. The Labute approximate surface area is 113 Å². The van der Waals surface area contributed by atoms with Crippen molar-refractivity contribution in [1.82, 2.24) is 0 Å². The molecule has 0 atom stereocenters. The van der Waals surface area contributed by atoms with Gasteiger partial charge in [-0.3, -0.25) is 4.31 Å². The quantitative estimate of drug-likeness (QED) is 0.862. The van der Waals surface area contributed by atoms with Crippen molar-refractivity contribution < 1.29 is 13.2 Å². The lowest BCUT2D eigenvalue weighted by molar-refractivity contribution is 0.416. The van der Waals surface area contributed by atoms with Gasteiger partial charge in [-0.2, -0.15) is 0 Å². The Bertz CT molecular complexity index is 653. The minimum Gasteiger partial charge on any atom is -0.495 e. The second-order valence-corrected chi connectivity index (χ2v) is 5.93. The van der Waals surface area contributed by atoms with Gasteiger partial charge < -0.3 is 4.74 Å². The molecule has 0 saturated heterocycles. The molecule has 2 aromatic rings. The van der Waals surface area contributed by atoms with Gasteiger partial charge in [-0.15, -0.1) is 0 Å². The van der Waals surface area contributed by atoms with E-state index in [1.54, 1.807) is 54.6 Å². The molecular formula is C14H15NO3S. The zero-order valence-electron chi connectivity index (χ0n) is 10.8. The summed E-state index contributed by atoms with van der Waals surface area (Å²) in [5.41, 5.74) is 0.508. The molecule has 0 spiro atoms. The SMILES string of the molecule is COc1ccccc1N(C)S(=O)(=O)c1ccccc1. The Morgan fingerprint density at radius 3 is 2.16 bits per heavy atom. The van der Waals surface area contributed by atoms with Crippen LogP contribution >= 0.6 is 0 Å². The summed E-state index contributed by atoms with van der Waals surface area (Å²) in [6.45, 7) is 0. The van der Waals surface area contributed by atoms with E-state index < -0.39 is 10.0 Å². The minimum atomic E-state index is -3.57. The molecule has 0 aliphatic carbocycles. The highest BCUT2D eigenvalue weighted by atomic mass is 32.2. The third kappa shape index (κ3) is 2.56. The van der Waals surface area contributed by atoms with Gasteiger partial charge in [0.2, 0.25) is 0 Å². The predicted molar refractivity (Wildman–Crippen MR) is 75.0 cm³/mol. The number of methoxy groups -OCH3 is 1. The van der Waals surface area contributed by atoms with Crippen molar-refractivity contribution in [2.45, 2.75) is 4.90 Å². The Morgan fingerprint density at radius 2 is 1.53 bits per heavy atom. The first-order valence-electron chi connectivity index (χ1n) is 5.74. The van der Waals surface area contributed by atoms with Crippen LogP contribution < -0.4 is 9.04 Å². The van der Waals surface area contributed by atoms with Crippen LogP contribution in [-0.2, 0) is 10.0 Å². The molecule has 0 aliphatic heterocycles. The number of benzene rings is 2. The molecule has 2 rings (SSSR count). The zero-order valence-corrected chi connectivity index (χ0v) is 11.6. The van der Waals surface area contributed by atoms with Crippen molar-refractivity contribution in [2.24, 2.45) is 0 Å². The van der Waals surface area contributed by atoms with E-state index in [9.17, 15) is 8.42 Å². The smallest absolute Gasteiger partial charge is 0.264 e. The summed E-state index contributed by atoms with van der Waals surface area (Å²) in [5, 5.41) is 0. The molecule has 2 aromatic carbocycles. The van der Waals surface area contributed by atoms with Gasteiger partial charge in [0.15, 0.2) is 0 Å². The summed E-state index contributed by atoms with van der Waals surface area (Å²) < 4.78 is 31.4. The van der Waals surface area contributed by atoms with Crippen molar-refractivity contribution in [3.63, 3.8) is 0 Å². The number of nitrogens with zero attached hydrogens (tertiary/aromatic N) is 1. The van der Waals surface area contributed by atoms with E-state index in [1.165, 1.54) is 18.5 Å². The van der Waals surface area contributed by atoms with Crippen LogP contribution in [0, 0.1) is 0 Å². The molecule has 0 N–H and O–H groups in total. The Morgan fingerprint density at radius 1 is 0.947 bits per heavy atom. The number of hydrogen-bond acceptors (Lipinski definition) is 3. The summed E-state index contributed by atoms with van der Waals surface area (Å²) in [7, 11) is -0.542. The van der Waals surface area contributed by atoms with Crippen molar-refractivity contribution in [3.05, 3.63) is 54.6 Å². The van der Waals surface area contributed by atoms with Crippen LogP contribution in [0.3, 0.4) is 0 Å². The van der Waals surface area contributed by atoms with Gasteiger partial charge in [0.05, 0.1) is 17.7 Å². The monoisotopic (exact) mass is 277 g/mol. The number of ether oxygens (including phenoxy) is 1. The van der Waals surface area contributed by atoms with Gasteiger partial charge in [-0.1, -0.05) is 30.3 Å². The zero-order chi connectivity index (χ0) is 13.9. The van der Waals surface area contributed by atoms with Crippen LogP contribution in [0.2, 0.25) is 0 Å². The third-order valence-electron chi connectivity index (χ3n) is 2.83. The number of anilines is 1. The van der Waals surface area contributed by atoms with Crippen molar-refractivity contribution >= 4 is 15.7 Å². The molecule has 0 aliphatic rings. The lowest BCUT2D eigenvalue weighted by atomic mass is 10.3. The van der Waals surface area contributed by atoms with Crippen LogP contribution in [0.1, 0.15) is 0 Å². The average molecular weight is 277 g/mol. The molecule has 0 amide bonds. The highest BCUT2D eigenvalue weighted by molar-refractivity contribution is 7.92. The van der Waals surface area contributed by atoms with E-state index in [2.05, 4.69) is 0 Å². The second kappa shape index (κ2) is 5.32. The van der Waals surface area contributed by atoms with E-state index in [4.69, 9.17) is 4.74 Å². The molecule has 100 valence electrons. The lowest BCUT2D eigenvalue weighted by Crippen LogP contribution is -2.26. The molecule has 5 heteroatoms. The number of hydrogen-bond donors (Lipinski definition) is 0. The first-order valence-corrected chi connectivity index (χ1v) is 7.18. The van der Waals surface area contributed by atoms with Gasteiger partial charge in [-0.25, -0.2) is 8.42 Å². The second-order valence-electron chi connectivity index (χ2n) is 3.96. The maximum Gasteiger partial charge on any atom is 0.264 e. The largest absolute Gasteiger partial charge is 0.495 e. The van der Waals surface area contributed by atoms with Crippen LogP contribution in [0.5, 0.6) is 5.75 Å². The van der Waals surface area contributed by atoms with Gasteiger partial charge in [0.1, 0.15) is 5.75 Å². The van der Waals surface area contributed by atoms with E-state index >= 15 is 0 Å². The topological polar surface area (TPSA) is 46.6 Å². The molecule has 0 unspecified atom stereocenters.